The van der Waals surface area contributed by atoms with Gasteiger partial charge in [0.2, 0.25) is 0 Å². The molecule has 1 amide bonds. The van der Waals surface area contributed by atoms with E-state index < -0.39 is 17.5 Å². The first-order valence-electron chi connectivity index (χ1n) is 8.01. The van der Waals surface area contributed by atoms with Gasteiger partial charge in [-0.25, -0.2) is 18.7 Å². The third kappa shape index (κ3) is 3.13. The average Bonchev–Trinajstić information content (AvgIpc) is 3.04. The zero-order chi connectivity index (χ0) is 17.3. The molecule has 6 nitrogen and oxygen atoms in total. The highest BCUT2D eigenvalue weighted by Gasteiger charge is 2.33. The number of hydrogen-bond acceptors (Lipinski definition) is 4. The molecule has 1 N–H and O–H groups in total. The predicted octanol–water partition coefficient (Wildman–Crippen LogP) is 2.97. The van der Waals surface area contributed by atoms with E-state index in [0.29, 0.717) is 30.7 Å². The van der Waals surface area contributed by atoms with Crippen LogP contribution < -0.4 is 0 Å². The van der Waals surface area contributed by atoms with Crippen LogP contribution >= 0.6 is 0 Å². The van der Waals surface area contributed by atoms with Gasteiger partial charge in [0.15, 0.2) is 17.3 Å². The van der Waals surface area contributed by atoms with Crippen LogP contribution in [0.4, 0.5) is 8.78 Å². The van der Waals surface area contributed by atoms with E-state index in [1.165, 1.54) is 4.90 Å². The van der Waals surface area contributed by atoms with Gasteiger partial charge in [-0.05, 0) is 19.3 Å². The van der Waals surface area contributed by atoms with Crippen LogP contribution in [0, 0.1) is 11.6 Å². The number of piperidine rings is 1. The highest BCUT2D eigenvalue weighted by atomic mass is 19.1. The highest BCUT2D eigenvalue weighted by Crippen LogP contribution is 2.30. The summed E-state index contributed by atoms with van der Waals surface area (Å²) in [6.07, 6.45) is 3.31. The van der Waals surface area contributed by atoms with E-state index in [1.807, 2.05) is 13.8 Å². The summed E-state index contributed by atoms with van der Waals surface area (Å²) in [7, 11) is 0. The summed E-state index contributed by atoms with van der Waals surface area (Å²) in [4.78, 5) is 22.3. The lowest BCUT2D eigenvalue weighted by Crippen LogP contribution is -2.39. The van der Waals surface area contributed by atoms with Crippen LogP contribution in [0.15, 0.2) is 12.3 Å². The molecule has 1 atom stereocenters. The van der Waals surface area contributed by atoms with Gasteiger partial charge in [0.1, 0.15) is 11.6 Å². The van der Waals surface area contributed by atoms with Crippen molar-refractivity contribution in [3.63, 3.8) is 0 Å². The number of carbonyl (C=O) groups excluding carboxylic acids is 1. The number of aromatic amines is 1. The first-order chi connectivity index (χ1) is 11.5. The summed E-state index contributed by atoms with van der Waals surface area (Å²) in [5, 5.41) is 7.06. The van der Waals surface area contributed by atoms with Crippen LogP contribution in [0.5, 0.6) is 0 Å². The topological polar surface area (TPSA) is 74.8 Å². The molecule has 24 heavy (non-hydrogen) atoms. The Kier molecular flexibility index (Phi) is 4.55. The van der Waals surface area contributed by atoms with Gasteiger partial charge in [-0.1, -0.05) is 13.8 Å². The molecule has 1 aliphatic rings. The van der Waals surface area contributed by atoms with Gasteiger partial charge in [-0.15, -0.1) is 0 Å². The quantitative estimate of drug-likeness (QED) is 0.936. The Bertz CT molecular complexity index is 746. The second-order valence-electron chi connectivity index (χ2n) is 6.23. The van der Waals surface area contributed by atoms with Crippen molar-refractivity contribution in [1.82, 2.24) is 25.1 Å². The number of likely N-dealkylation sites (tertiary alicyclic amines) is 1. The van der Waals surface area contributed by atoms with Gasteiger partial charge in [0.25, 0.3) is 5.91 Å². The SMILES string of the molecule is CC(C)c1n[nH]c([C@@H]2CCCCN2C(=O)c2ncc(F)cc2F)n1. The fourth-order valence-electron chi connectivity index (χ4n) is 2.86. The van der Waals surface area contributed by atoms with E-state index in [0.717, 1.165) is 19.0 Å². The molecule has 3 heterocycles. The van der Waals surface area contributed by atoms with Gasteiger partial charge in [0.05, 0.1) is 12.2 Å². The maximum Gasteiger partial charge on any atom is 0.276 e. The first-order valence-corrected chi connectivity index (χ1v) is 8.01. The molecule has 1 saturated heterocycles. The molecule has 0 bridgehead atoms. The van der Waals surface area contributed by atoms with Crippen molar-refractivity contribution in [3.8, 4) is 0 Å². The lowest BCUT2D eigenvalue weighted by molar-refractivity contribution is 0.0588. The molecule has 1 fully saturated rings. The summed E-state index contributed by atoms with van der Waals surface area (Å²) in [6, 6.07) is 0.363. The minimum atomic E-state index is -0.954. The van der Waals surface area contributed by atoms with Crippen molar-refractivity contribution in [1.29, 1.82) is 0 Å². The standard InChI is InChI=1S/C16H19F2N5O/c1-9(2)14-20-15(22-21-14)12-5-3-4-6-23(12)16(24)13-11(18)7-10(17)8-19-13/h7-9,12H,3-6H2,1-2H3,(H,20,21,22)/t12-/m0/s1. The number of H-pyrrole nitrogens is 1. The summed E-state index contributed by atoms with van der Waals surface area (Å²) in [5.41, 5.74) is -0.369. The molecule has 0 radical (unpaired) electrons. The van der Waals surface area contributed by atoms with Gasteiger partial charge in [0, 0.05) is 18.5 Å². The lowest BCUT2D eigenvalue weighted by Gasteiger charge is -2.34. The molecular formula is C16H19F2N5O. The van der Waals surface area contributed by atoms with Crippen molar-refractivity contribution in [3.05, 3.63) is 41.2 Å². The Hall–Kier alpha value is -2.38. The van der Waals surface area contributed by atoms with Crippen molar-refractivity contribution in [2.24, 2.45) is 0 Å². The number of halogens is 2. The van der Waals surface area contributed by atoms with Crippen LogP contribution in [0.2, 0.25) is 0 Å². The van der Waals surface area contributed by atoms with Crippen LogP contribution in [0.25, 0.3) is 0 Å². The molecule has 0 saturated carbocycles. The van der Waals surface area contributed by atoms with Gasteiger partial charge in [-0.3, -0.25) is 9.89 Å². The largest absolute Gasteiger partial charge is 0.327 e. The summed E-state index contributed by atoms with van der Waals surface area (Å²) in [6.45, 7) is 4.43. The molecule has 128 valence electrons. The molecule has 0 spiro atoms. The lowest BCUT2D eigenvalue weighted by atomic mass is 10.0. The van der Waals surface area contributed by atoms with Gasteiger partial charge in [-0.2, -0.15) is 5.10 Å². The number of amides is 1. The maximum absolute atomic E-state index is 13.9. The normalized spacial score (nSPS) is 18.2. The van der Waals surface area contributed by atoms with Crippen LogP contribution in [-0.4, -0.2) is 37.5 Å². The zero-order valence-electron chi connectivity index (χ0n) is 13.6. The molecule has 3 rings (SSSR count). The smallest absolute Gasteiger partial charge is 0.276 e. The Balaban J connectivity index is 1.89. The molecule has 8 heteroatoms. The second kappa shape index (κ2) is 6.62. The van der Waals surface area contributed by atoms with E-state index in [9.17, 15) is 13.6 Å². The van der Waals surface area contributed by atoms with Crippen molar-refractivity contribution >= 4 is 5.91 Å². The van der Waals surface area contributed by atoms with Crippen LogP contribution in [-0.2, 0) is 0 Å². The number of carbonyl (C=O) groups is 1. The molecule has 2 aromatic heterocycles. The van der Waals surface area contributed by atoms with E-state index in [-0.39, 0.29) is 17.7 Å². The first kappa shape index (κ1) is 16.5. The van der Waals surface area contributed by atoms with E-state index in [1.54, 1.807) is 0 Å². The highest BCUT2D eigenvalue weighted by molar-refractivity contribution is 5.92. The third-order valence-corrected chi connectivity index (χ3v) is 4.13. The fourth-order valence-corrected chi connectivity index (χ4v) is 2.86. The fraction of sp³-hybridized carbons (Fsp3) is 0.500. The Morgan fingerprint density at radius 2 is 2.17 bits per heavy atom. The minimum absolute atomic E-state index is 0.166. The van der Waals surface area contributed by atoms with Crippen molar-refractivity contribution < 1.29 is 13.6 Å². The second-order valence-corrected chi connectivity index (χ2v) is 6.23. The number of rotatable bonds is 3. The van der Waals surface area contributed by atoms with Gasteiger partial charge >= 0.3 is 0 Å². The molecule has 0 aromatic carbocycles. The molecular weight excluding hydrogens is 316 g/mol. The molecule has 0 unspecified atom stereocenters. The van der Waals surface area contributed by atoms with E-state index >= 15 is 0 Å². The van der Waals surface area contributed by atoms with Crippen LogP contribution in [0.1, 0.15) is 67.2 Å². The number of nitrogens with zero attached hydrogens (tertiary/aromatic N) is 4. The summed E-state index contributed by atoms with van der Waals surface area (Å²) in [5.74, 6) is -0.886. The Labute approximate surface area is 138 Å². The van der Waals surface area contributed by atoms with Crippen molar-refractivity contribution in [2.45, 2.75) is 45.1 Å². The maximum atomic E-state index is 13.9. The Morgan fingerprint density at radius 3 is 2.83 bits per heavy atom. The zero-order valence-corrected chi connectivity index (χ0v) is 13.6. The Morgan fingerprint density at radius 1 is 1.38 bits per heavy atom. The molecule has 2 aromatic rings. The van der Waals surface area contributed by atoms with E-state index in [4.69, 9.17) is 0 Å². The molecule has 0 aliphatic carbocycles. The summed E-state index contributed by atoms with van der Waals surface area (Å²) < 4.78 is 26.9. The average molecular weight is 335 g/mol. The summed E-state index contributed by atoms with van der Waals surface area (Å²) >= 11 is 0. The minimum Gasteiger partial charge on any atom is -0.327 e. The van der Waals surface area contributed by atoms with Gasteiger partial charge < -0.3 is 4.90 Å². The number of hydrogen-bond donors (Lipinski definition) is 1. The van der Waals surface area contributed by atoms with Crippen molar-refractivity contribution in [2.75, 3.05) is 6.54 Å². The number of pyridine rings is 1. The monoisotopic (exact) mass is 335 g/mol. The van der Waals surface area contributed by atoms with Crippen LogP contribution in [0.3, 0.4) is 0 Å². The number of aromatic nitrogens is 4. The predicted molar refractivity (Wildman–Crippen MR) is 82.3 cm³/mol. The third-order valence-electron chi connectivity index (χ3n) is 4.13. The number of nitrogens with one attached hydrogen (secondary N) is 1. The molecule has 1 aliphatic heterocycles. The van der Waals surface area contributed by atoms with E-state index in [2.05, 4.69) is 20.2 Å².